The topological polar surface area (TPSA) is 110 Å². The molecule has 0 fully saturated rings. The zero-order valence-corrected chi connectivity index (χ0v) is 17.3. The van der Waals surface area contributed by atoms with Gasteiger partial charge in [0.2, 0.25) is 0 Å². The molecule has 1 unspecified atom stereocenters. The minimum absolute atomic E-state index is 0.0149. The molecule has 0 bridgehead atoms. The second-order valence-corrected chi connectivity index (χ2v) is 7.75. The first-order valence-electron chi connectivity index (χ1n) is 9.52. The molecule has 0 aliphatic heterocycles. The smallest absolute Gasteiger partial charge is 0.411 e. The molecule has 1 amide bonds. The highest BCUT2D eigenvalue weighted by molar-refractivity contribution is 7.20. The molecule has 2 aromatic heterocycles. The summed E-state index contributed by atoms with van der Waals surface area (Å²) in [7, 11) is 0. The number of ether oxygens (including phenoxy) is 2. The number of carbonyl (C=O) groups excluding carboxylic acids is 1. The van der Waals surface area contributed by atoms with Crippen molar-refractivity contribution in [3.05, 3.63) is 89.6 Å². The molecule has 0 saturated carbocycles. The zero-order chi connectivity index (χ0) is 21.6. The quantitative estimate of drug-likeness (QED) is 0.283. The lowest BCUT2D eigenvalue weighted by Gasteiger charge is -2.20. The number of amides is 1. The van der Waals surface area contributed by atoms with Crippen molar-refractivity contribution >= 4 is 39.0 Å². The Kier molecular flexibility index (Phi) is 6.09. The molecule has 156 valence electrons. The van der Waals surface area contributed by atoms with Gasteiger partial charge in [-0.15, -0.1) is 11.3 Å². The van der Waals surface area contributed by atoms with Gasteiger partial charge < -0.3 is 15.2 Å². The molecule has 0 saturated heterocycles. The maximum Gasteiger partial charge on any atom is 0.411 e. The Morgan fingerprint density at radius 3 is 2.61 bits per heavy atom. The highest BCUT2D eigenvalue weighted by atomic mass is 32.1. The number of hydrogen-bond donors (Lipinski definition) is 3. The van der Waals surface area contributed by atoms with Crippen molar-refractivity contribution in [2.24, 2.45) is 5.73 Å². The average Bonchev–Trinajstić information content (AvgIpc) is 3.24. The molecule has 0 aliphatic rings. The predicted octanol–water partition coefficient (Wildman–Crippen LogP) is 4.95. The van der Waals surface area contributed by atoms with Crippen molar-refractivity contribution < 1.29 is 14.3 Å². The molecule has 8 heteroatoms. The highest BCUT2D eigenvalue weighted by Crippen LogP contribution is 2.35. The van der Waals surface area contributed by atoms with E-state index >= 15 is 0 Å². The highest BCUT2D eigenvalue weighted by Gasteiger charge is 2.19. The minimum Gasteiger partial charge on any atom is -0.481 e. The van der Waals surface area contributed by atoms with Crippen LogP contribution in [0, 0.1) is 5.41 Å². The van der Waals surface area contributed by atoms with Gasteiger partial charge in [-0.2, -0.15) is 0 Å². The summed E-state index contributed by atoms with van der Waals surface area (Å²) in [6.07, 6.45) is 2.07. The van der Waals surface area contributed by atoms with E-state index in [2.05, 4.69) is 10.3 Å². The number of nitrogens with two attached hydrogens (primary N) is 1. The van der Waals surface area contributed by atoms with Gasteiger partial charge in [0.25, 0.3) is 0 Å². The first-order chi connectivity index (χ1) is 15.1. The summed E-state index contributed by atoms with van der Waals surface area (Å²) in [5.41, 5.74) is 7.12. The first-order valence-corrected chi connectivity index (χ1v) is 10.3. The summed E-state index contributed by atoms with van der Waals surface area (Å²) in [5.74, 6) is 0.649. The second-order valence-electron chi connectivity index (χ2n) is 6.67. The minimum atomic E-state index is -0.580. The van der Waals surface area contributed by atoms with Crippen LogP contribution in [-0.2, 0) is 4.74 Å². The van der Waals surface area contributed by atoms with Crippen LogP contribution >= 0.6 is 11.3 Å². The molecule has 31 heavy (non-hydrogen) atoms. The molecule has 7 nitrogen and oxygen atoms in total. The molecule has 4 aromatic rings. The number of benzene rings is 2. The molecular formula is C23H20N4O3S. The van der Waals surface area contributed by atoms with Gasteiger partial charge in [-0.25, -0.2) is 4.79 Å². The Labute approximate surface area is 183 Å². The zero-order valence-electron chi connectivity index (χ0n) is 16.4. The van der Waals surface area contributed by atoms with Crippen molar-refractivity contribution in [1.29, 1.82) is 5.41 Å². The lowest BCUT2D eigenvalue weighted by atomic mass is 10.1. The number of aromatic nitrogens is 1. The number of nitrogens with one attached hydrogen (secondary N) is 2. The molecule has 4 rings (SSSR count). The van der Waals surface area contributed by atoms with Crippen LogP contribution in [0.1, 0.15) is 16.5 Å². The van der Waals surface area contributed by atoms with Gasteiger partial charge in [0, 0.05) is 28.2 Å². The fourth-order valence-corrected chi connectivity index (χ4v) is 3.97. The van der Waals surface area contributed by atoms with Crippen LogP contribution in [-0.4, -0.2) is 23.5 Å². The molecule has 1 atom stereocenters. The Hall–Kier alpha value is -3.91. The van der Waals surface area contributed by atoms with Crippen molar-refractivity contribution in [2.75, 3.05) is 11.9 Å². The van der Waals surface area contributed by atoms with E-state index < -0.39 is 12.2 Å². The molecule has 0 radical (unpaired) electrons. The van der Waals surface area contributed by atoms with Crippen molar-refractivity contribution in [2.45, 2.75) is 6.10 Å². The Bertz CT molecular complexity index is 1200. The number of hydrogen-bond acceptors (Lipinski definition) is 6. The maximum atomic E-state index is 12.2. The van der Waals surface area contributed by atoms with Gasteiger partial charge >= 0.3 is 6.09 Å². The van der Waals surface area contributed by atoms with Gasteiger partial charge in [0.1, 0.15) is 18.2 Å². The molecule has 0 aliphatic carbocycles. The fourth-order valence-electron chi connectivity index (χ4n) is 3.03. The largest absolute Gasteiger partial charge is 0.481 e. The summed E-state index contributed by atoms with van der Waals surface area (Å²) in [5, 5.41) is 11.2. The molecule has 0 spiro atoms. The van der Waals surface area contributed by atoms with E-state index in [1.54, 1.807) is 24.5 Å². The van der Waals surface area contributed by atoms with E-state index in [1.165, 1.54) is 11.3 Å². The molecule has 2 aromatic carbocycles. The number of fused-ring (bicyclic) bond motifs is 1. The number of anilines is 1. The number of nitrogen functional groups attached to an aromatic ring is 1. The number of rotatable bonds is 7. The SMILES string of the molecule is N=C(N)c1cc2c(OC(COC(=O)Nc3ccncc3)c3ccccc3)cccc2s1. The van der Waals surface area contributed by atoms with Gasteiger partial charge in [0.05, 0.1) is 4.88 Å². The third kappa shape index (κ3) is 4.99. The van der Waals surface area contributed by atoms with Crippen molar-refractivity contribution in [3.63, 3.8) is 0 Å². The van der Waals surface area contributed by atoms with Crippen LogP contribution in [0.3, 0.4) is 0 Å². The summed E-state index contributed by atoms with van der Waals surface area (Å²) in [6, 6.07) is 20.5. The number of thiophene rings is 1. The normalized spacial score (nSPS) is 11.6. The molecule has 2 heterocycles. The van der Waals surface area contributed by atoms with Crippen LogP contribution in [0.15, 0.2) is 79.1 Å². The van der Waals surface area contributed by atoms with Crippen molar-refractivity contribution in [1.82, 2.24) is 4.98 Å². The van der Waals surface area contributed by atoms with E-state index in [-0.39, 0.29) is 12.4 Å². The van der Waals surface area contributed by atoms with Crippen LogP contribution in [0.25, 0.3) is 10.1 Å². The lowest BCUT2D eigenvalue weighted by molar-refractivity contribution is 0.0910. The number of pyridine rings is 1. The van der Waals surface area contributed by atoms with E-state index in [4.69, 9.17) is 20.6 Å². The second kappa shape index (κ2) is 9.27. The van der Waals surface area contributed by atoms with E-state index in [0.717, 1.165) is 15.6 Å². The summed E-state index contributed by atoms with van der Waals surface area (Å²) in [6.45, 7) is 0.0149. The predicted molar refractivity (Wildman–Crippen MR) is 122 cm³/mol. The van der Waals surface area contributed by atoms with Crippen LogP contribution in [0.2, 0.25) is 0 Å². The third-order valence-electron chi connectivity index (χ3n) is 4.52. The lowest BCUT2D eigenvalue weighted by Crippen LogP contribution is -2.21. The number of amidine groups is 1. The van der Waals surface area contributed by atoms with E-state index in [9.17, 15) is 4.79 Å². The van der Waals surface area contributed by atoms with E-state index in [1.807, 2.05) is 54.6 Å². The van der Waals surface area contributed by atoms with Crippen LogP contribution in [0.4, 0.5) is 10.5 Å². The van der Waals surface area contributed by atoms with Crippen molar-refractivity contribution in [3.8, 4) is 5.75 Å². The van der Waals surface area contributed by atoms with E-state index in [0.29, 0.717) is 16.3 Å². The maximum absolute atomic E-state index is 12.2. The Balaban J connectivity index is 1.54. The Morgan fingerprint density at radius 1 is 1.10 bits per heavy atom. The summed E-state index contributed by atoms with van der Waals surface area (Å²) >= 11 is 1.43. The summed E-state index contributed by atoms with van der Waals surface area (Å²) in [4.78, 5) is 16.8. The molecule has 4 N–H and O–H groups in total. The van der Waals surface area contributed by atoms with Crippen LogP contribution < -0.4 is 15.8 Å². The molecular weight excluding hydrogens is 412 g/mol. The van der Waals surface area contributed by atoms with Crippen LogP contribution in [0.5, 0.6) is 5.75 Å². The fraction of sp³-hybridized carbons (Fsp3) is 0.0870. The van der Waals surface area contributed by atoms with Gasteiger partial charge in [-0.1, -0.05) is 36.4 Å². The first kappa shape index (κ1) is 20.4. The van der Waals surface area contributed by atoms with Gasteiger partial charge in [-0.05, 0) is 35.9 Å². The standard InChI is InChI=1S/C23H20N4O3S/c24-22(25)21-13-17-18(7-4-8-20(17)31-21)30-19(15-5-2-1-3-6-15)14-29-23(28)27-16-9-11-26-12-10-16/h1-13,19H,14H2,(H3,24,25)(H,26,27,28). The Morgan fingerprint density at radius 2 is 1.87 bits per heavy atom. The third-order valence-corrected chi connectivity index (χ3v) is 5.65. The summed E-state index contributed by atoms with van der Waals surface area (Å²) < 4.78 is 12.7. The number of carbonyl (C=O) groups is 1. The monoisotopic (exact) mass is 432 g/mol. The van der Waals surface area contributed by atoms with Gasteiger partial charge in [-0.3, -0.25) is 15.7 Å². The average molecular weight is 433 g/mol. The van der Waals surface area contributed by atoms with Gasteiger partial charge in [0.15, 0.2) is 6.10 Å². The number of nitrogens with zero attached hydrogens (tertiary/aromatic N) is 1.